The van der Waals surface area contributed by atoms with Crippen LogP contribution in [-0.2, 0) is 4.79 Å². The number of hydrogen-bond donors (Lipinski definition) is 0. The van der Waals surface area contributed by atoms with Gasteiger partial charge in [-0.3, -0.25) is 19.8 Å². The number of nitro benzene ring substituents is 1. The van der Waals surface area contributed by atoms with Gasteiger partial charge in [-0.15, -0.1) is 0 Å². The number of methoxy groups -OCH3 is 3. The number of nitro groups is 1. The number of nitrogens with zero attached hydrogens (tertiary/aromatic N) is 2. The summed E-state index contributed by atoms with van der Waals surface area (Å²) < 4.78 is 16.3. The number of carbonyl (C=O) groups excluding carboxylic acids is 1. The molecule has 0 aliphatic carbocycles. The first-order valence-corrected chi connectivity index (χ1v) is 9.44. The smallest absolute Gasteiger partial charge is 0.270 e. The van der Waals surface area contributed by atoms with Crippen LogP contribution in [0.2, 0.25) is 0 Å². The molecule has 2 aromatic carbocycles. The normalized spacial score (nSPS) is 15.0. The van der Waals surface area contributed by atoms with Gasteiger partial charge in [0.05, 0.1) is 36.8 Å². The average Bonchev–Trinajstić information content (AvgIpc) is 3.00. The van der Waals surface area contributed by atoms with E-state index in [4.69, 9.17) is 26.4 Å². The molecule has 0 atom stereocenters. The first-order chi connectivity index (χ1) is 13.9. The zero-order valence-electron chi connectivity index (χ0n) is 15.7. The number of ether oxygens (including phenoxy) is 3. The Hall–Kier alpha value is -3.11. The van der Waals surface area contributed by atoms with E-state index < -0.39 is 4.92 Å². The summed E-state index contributed by atoms with van der Waals surface area (Å²) in [5, 5.41) is 10.8. The van der Waals surface area contributed by atoms with E-state index in [0.29, 0.717) is 37.7 Å². The third kappa shape index (κ3) is 4.03. The molecule has 150 valence electrons. The first kappa shape index (κ1) is 20.6. The predicted octanol–water partition coefficient (Wildman–Crippen LogP) is 4.03. The van der Waals surface area contributed by atoms with Gasteiger partial charge in [-0.05, 0) is 24.3 Å². The van der Waals surface area contributed by atoms with Crippen molar-refractivity contribution in [1.82, 2.24) is 0 Å². The van der Waals surface area contributed by atoms with E-state index in [9.17, 15) is 14.9 Å². The maximum absolute atomic E-state index is 12.9. The van der Waals surface area contributed by atoms with Crippen molar-refractivity contribution < 1.29 is 23.9 Å². The van der Waals surface area contributed by atoms with Gasteiger partial charge >= 0.3 is 0 Å². The lowest BCUT2D eigenvalue weighted by Gasteiger charge is -2.14. The van der Waals surface area contributed by atoms with Gasteiger partial charge in [0, 0.05) is 23.8 Å². The number of non-ortho nitro benzene ring substituents is 1. The van der Waals surface area contributed by atoms with Crippen molar-refractivity contribution in [2.45, 2.75) is 0 Å². The summed E-state index contributed by atoms with van der Waals surface area (Å²) in [4.78, 5) is 25.0. The van der Waals surface area contributed by atoms with Crippen LogP contribution in [0.3, 0.4) is 0 Å². The molecule has 2 aromatic rings. The van der Waals surface area contributed by atoms with Crippen LogP contribution in [-0.4, -0.2) is 36.5 Å². The Morgan fingerprint density at radius 2 is 1.62 bits per heavy atom. The van der Waals surface area contributed by atoms with Crippen molar-refractivity contribution >= 4 is 51.7 Å². The zero-order valence-corrected chi connectivity index (χ0v) is 17.3. The highest BCUT2D eigenvalue weighted by Gasteiger charge is 2.33. The molecule has 1 heterocycles. The second kappa shape index (κ2) is 8.50. The quantitative estimate of drug-likeness (QED) is 0.292. The fraction of sp³-hybridized carbons (Fsp3) is 0.158. The van der Waals surface area contributed by atoms with E-state index in [-0.39, 0.29) is 11.6 Å². The molecule has 1 fully saturated rings. The van der Waals surface area contributed by atoms with Crippen molar-refractivity contribution in [3.8, 4) is 17.2 Å². The molecule has 0 radical (unpaired) electrons. The summed E-state index contributed by atoms with van der Waals surface area (Å²) in [5.74, 6) is 1.17. The number of amides is 1. The molecule has 1 saturated heterocycles. The summed E-state index contributed by atoms with van der Waals surface area (Å²) >= 11 is 6.48. The lowest BCUT2D eigenvalue weighted by molar-refractivity contribution is -0.384. The number of hydrogen-bond acceptors (Lipinski definition) is 8. The van der Waals surface area contributed by atoms with Crippen LogP contribution in [0.5, 0.6) is 17.2 Å². The number of benzene rings is 2. The van der Waals surface area contributed by atoms with Gasteiger partial charge in [-0.1, -0.05) is 24.0 Å². The average molecular weight is 432 g/mol. The van der Waals surface area contributed by atoms with E-state index >= 15 is 0 Å². The Balaban J connectivity index is 1.97. The van der Waals surface area contributed by atoms with E-state index in [2.05, 4.69) is 0 Å². The van der Waals surface area contributed by atoms with Crippen molar-refractivity contribution in [3.63, 3.8) is 0 Å². The lowest BCUT2D eigenvalue weighted by atomic mass is 10.1. The van der Waals surface area contributed by atoms with Crippen LogP contribution in [0.1, 0.15) is 5.56 Å². The van der Waals surface area contributed by atoms with E-state index in [1.807, 2.05) is 0 Å². The number of carbonyl (C=O) groups is 1. The Kier molecular flexibility index (Phi) is 6.04. The second-order valence-electron chi connectivity index (χ2n) is 5.74. The third-order valence-electron chi connectivity index (χ3n) is 4.13. The topological polar surface area (TPSA) is 91.1 Å². The highest BCUT2D eigenvalue weighted by molar-refractivity contribution is 8.27. The van der Waals surface area contributed by atoms with Gasteiger partial charge in [0.15, 0.2) is 15.8 Å². The molecule has 10 heteroatoms. The summed E-state index contributed by atoms with van der Waals surface area (Å²) in [6.07, 6.45) is 1.66. The number of thioether (sulfide) groups is 1. The maximum atomic E-state index is 12.9. The Bertz CT molecular complexity index is 1020. The van der Waals surface area contributed by atoms with Crippen LogP contribution in [0, 0.1) is 10.1 Å². The highest BCUT2D eigenvalue weighted by atomic mass is 32.2. The summed E-state index contributed by atoms with van der Waals surface area (Å²) in [7, 11) is 4.55. The van der Waals surface area contributed by atoms with E-state index in [1.54, 1.807) is 18.2 Å². The summed E-state index contributed by atoms with van der Waals surface area (Å²) in [5.41, 5.74) is 1.01. The molecular weight excluding hydrogens is 416 g/mol. The first-order valence-electron chi connectivity index (χ1n) is 8.22. The molecular formula is C19H16N2O6S2. The zero-order chi connectivity index (χ0) is 21.1. The van der Waals surface area contributed by atoms with Gasteiger partial charge in [-0.25, -0.2) is 0 Å². The minimum atomic E-state index is -0.503. The molecule has 1 aliphatic rings. The molecule has 0 bridgehead atoms. The van der Waals surface area contributed by atoms with Gasteiger partial charge in [0.2, 0.25) is 0 Å². The largest absolute Gasteiger partial charge is 0.496 e. The van der Waals surface area contributed by atoms with Crippen molar-refractivity contribution in [2.75, 3.05) is 26.2 Å². The van der Waals surface area contributed by atoms with Gasteiger partial charge < -0.3 is 14.2 Å². The van der Waals surface area contributed by atoms with Crippen molar-refractivity contribution in [1.29, 1.82) is 0 Å². The van der Waals surface area contributed by atoms with Crippen LogP contribution < -0.4 is 19.1 Å². The Morgan fingerprint density at radius 1 is 1.03 bits per heavy atom. The fourth-order valence-corrected chi connectivity index (χ4v) is 4.01. The predicted molar refractivity (Wildman–Crippen MR) is 115 cm³/mol. The minimum absolute atomic E-state index is 0.0650. The number of anilines is 1. The van der Waals surface area contributed by atoms with Crippen LogP contribution in [0.25, 0.3) is 6.08 Å². The van der Waals surface area contributed by atoms with Gasteiger partial charge in [0.25, 0.3) is 11.6 Å². The molecule has 0 aromatic heterocycles. The standard InChI is InChI=1S/C19H16N2O6S2/c1-25-14-10-16(27-3)15(26-2)8-11(14)9-17-18(22)20(19(28)29-17)12-4-6-13(7-5-12)21(23)24/h4-10H,1-3H3/b17-9-. The molecule has 29 heavy (non-hydrogen) atoms. The number of thiocarbonyl (C=S) groups is 1. The molecule has 0 N–H and O–H groups in total. The summed E-state index contributed by atoms with van der Waals surface area (Å²) in [6.45, 7) is 0. The van der Waals surface area contributed by atoms with Gasteiger partial charge in [-0.2, -0.15) is 0 Å². The van der Waals surface area contributed by atoms with Crippen LogP contribution >= 0.6 is 24.0 Å². The minimum Gasteiger partial charge on any atom is -0.496 e. The molecule has 0 unspecified atom stereocenters. The Labute approximate surface area is 176 Å². The van der Waals surface area contributed by atoms with Gasteiger partial charge in [0.1, 0.15) is 5.75 Å². The second-order valence-corrected chi connectivity index (χ2v) is 7.42. The maximum Gasteiger partial charge on any atom is 0.270 e. The highest BCUT2D eigenvalue weighted by Crippen LogP contribution is 2.40. The van der Waals surface area contributed by atoms with Crippen molar-refractivity contribution in [2.24, 2.45) is 0 Å². The molecule has 8 nitrogen and oxygen atoms in total. The lowest BCUT2D eigenvalue weighted by Crippen LogP contribution is -2.27. The summed E-state index contributed by atoms with van der Waals surface area (Å²) in [6, 6.07) is 9.01. The molecule has 3 rings (SSSR count). The molecule has 1 amide bonds. The monoisotopic (exact) mass is 432 g/mol. The number of rotatable bonds is 6. The van der Waals surface area contributed by atoms with Crippen LogP contribution in [0.4, 0.5) is 11.4 Å². The van der Waals surface area contributed by atoms with Crippen molar-refractivity contribution in [3.05, 3.63) is 57.0 Å². The molecule has 0 saturated carbocycles. The van der Waals surface area contributed by atoms with E-state index in [0.717, 1.165) is 11.8 Å². The molecule has 1 aliphatic heterocycles. The SMILES string of the molecule is COc1cc(OC)c(OC)cc1/C=C1\SC(=S)N(c2ccc([N+](=O)[O-])cc2)C1=O. The van der Waals surface area contributed by atoms with Crippen LogP contribution in [0.15, 0.2) is 41.3 Å². The fourth-order valence-electron chi connectivity index (χ4n) is 2.72. The molecule has 0 spiro atoms. The Morgan fingerprint density at radius 3 is 2.17 bits per heavy atom. The third-order valence-corrected chi connectivity index (χ3v) is 5.44. The van der Waals surface area contributed by atoms with E-state index in [1.165, 1.54) is 50.5 Å².